The van der Waals surface area contributed by atoms with Crippen LogP contribution in [0, 0.1) is 0 Å². The van der Waals surface area contributed by atoms with Crippen molar-refractivity contribution >= 4 is 27.7 Å². The van der Waals surface area contributed by atoms with Gasteiger partial charge in [0.05, 0.1) is 11.8 Å². The van der Waals surface area contributed by atoms with Gasteiger partial charge in [-0.05, 0) is 39.3 Å². The lowest BCUT2D eigenvalue weighted by Crippen LogP contribution is -2.50. The van der Waals surface area contributed by atoms with E-state index >= 15 is 0 Å². The largest absolute Gasteiger partial charge is 0.465 e. The van der Waals surface area contributed by atoms with Crippen LogP contribution in [0.3, 0.4) is 0 Å². The molecule has 6 nitrogen and oxygen atoms in total. The van der Waals surface area contributed by atoms with Gasteiger partial charge in [0.1, 0.15) is 0 Å². The fraction of sp³-hybridized carbons (Fsp3) is 0.533. The monoisotopic (exact) mass is 362 g/mol. The lowest BCUT2D eigenvalue weighted by molar-refractivity contribution is 0.0710. The second-order valence-corrected chi connectivity index (χ2v) is 8.62. The summed E-state index contributed by atoms with van der Waals surface area (Å²) in [6, 6.07) is 6.10. The van der Waals surface area contributed by atoms with Gasteiger partial charge in [-0.25, -0.2) is 17.9 Å². The Morgan fingerprint density at radius 2 is 1.91 bits per heavy atom. The Hall–Kier alpha value is -1.31. The number of nitrogens with zero attached hydrogens (tertiary/aromatic N) is 1. The van der Waals surface area contributed by atoms with E-state index in [9.17, 15) is 18.3 Å². The van der Waals surface area contributed by atoms with Gasteiger partial charge in [-0.15, -0.1) is 0 Å². The summed E-state index contributed by atoms with van der Waals surface area (Å²) >= 11 is 6.20. The van der Waals surface area contributed by atoms with Crippen molar-refractivity contribution < 1.29 is 18.3 Å². The lowest BCUT2D eigenvalue weighted by Gasteiger charge is -2.40. The third-order valence-electron chi connectivity index (χ3n) is 3.38. The number of hydrogen-bond donors (Lipinski definition) is 2. The predicted octanol–water partition coefficient (Wildman–Crippen LogP) is 3.10. The van der Waals surface area contributed by atoms with Gasteiger partial charge in [-0.2, -0.15) is 0 Å². The van der Waals surface area contributed by atoms with Crippen molar-refractivity contribution in [2.45, 2.75) is 39.3 Å². The molecular formula is C15H23ClN2O4S. The molecule has 8 heteroatoms. The number of rotatable bonds is 6. The molecule has 130 valence electrons. The molecule has 0 bridgehead atoms. The van der Waals surface area contributed by atoms with E-state index in [-0.39, 0.29) is 12.3 Å². The molecule has 1 rings (SSSR count). The Morgan fingerprint density at radius 1 is 1.35 bits per heavy atom. The molecule has 23 heavy (non-hydrogen) atoms. The van der Waals surface area contributed by atoms with Gasteiger partial charge < -0.3 is 5.11 Å². The fourth-order valence-corrected chi connectivity index (χ4v) is 3.16. The number of carbonyl (C=O) groups is 1. The first kappa shape index (κ1) is 19.7. The second kappa shape index (κ2) is 7.51. The number of carboxylic acid groups (broad SMARTS) is 1. The molecule has 1 aromatic rings. The zero-order valence-corrected chi connectivity index (χ0v) is 15.3. The maximum Gasteiger partial charge on any atom is 0.408 e. The first-order valence-corrected chi connectivity index (χ1v) is 9.26. The number of halogens is 1. The molecule has 0 aliphatic rings. The minimum absolute atomic E-state index is 0.0785. The molecule has 1 amide bonds. The predicted molar refractivity (Wildman–Crippen MR) is 91.3 cm³/mol. The molecule has 0 saturated heterocycles. The molecule has 1 unspecified atom stereocenters. The number of nitrogens with one attached hydrogen (secondary N) is 1. The molecule has 0 radical (unpaired) electrons. The van der Waals surface area contributed by atoms with Crippen LogP contribution < -0.4 is 4.72 Å². The fourth-order valence-electron chi connectivity index (χ4n) is 2.28. The van der Waals surface area contributed by atoms with E-state index in [1.165, 1.54) is 11.8 Å². The number of amides is 1. The Morgan fingerprint density at radius 3 is 2.35 bits per heavy atom. The highest BCUT2D eigenvalue weighted by Gasteiger charge is 2.35. The number of sulfonamides is 1. The molecule has 0 spiro atoms. The Bertz CT molecular complexity index is 656. The maximum absolute atomic E-state index is 11.8. The average Bonchev–Trinajstić information content (AvgIpc) is 2.42. The number of hydrogen-bond acceptors (Lipinski definition) is 3. The Labute approximate surface area is 142 Å². The summed E-state index contributed by atoms with van der Waals surface area (Å²) in [5, 5.41) is 10.0. The highest BCUT2D eigenvalue weighted by Crippen LogP contribution is 2.32. The average molecular weight is 363 g/mol. The van der Waals surface area contributed by atoms with E-state index in [4.69, 9.17) is 11.6 Å². The van der Waals surface area contributed by atoms with Crippen LogP contribution in [-0.4, -0.2) is 42.4 Å². The molecule has 0 saturated carbocycles. The third kappa shape index (κ3) is 5.37. The van der Waals surface area contributed by atoms with Crippen molar-refractivity contribution in [2.75, 3.05) is 12.3 Å². The quantitative estimate of drug-likeness (QED) is 0.814. The van der Waals surface area contributed by atoms with Crippen LogP contribution in [-0.2, 0) is 10.0 Å². The molecule has 2 N–H and O–H groups in total. The summed E-state index contributed by atoms with van der Waals surface area (Å²) in [6.45, 7) is 6.69. The Kier molecular flexibility index (Phi) is 6.44. The van der Waals surface area contributed by atoms with Gasteiger partial charge in [-0.1, -0.05) is 29.8 Å². The first-order chi connectivity index (χ1) is 10.5. The molecule has 0 fully saturated rings. The highest BCUT2D eigenvalue weighted by atomic mass is 35.5. The van der Waals surface area contributed by atoms with Gasteiger partial charge >= 0.3 is 6.09 Å². The lowest BCUT2D eigenvalue weighted by atomic mass is 9.98. The van der Waals surface area contributed by atoms with E-state index in [0.29, 0.717) is 10.6 Å². The molecule has 1 aromatic carbocycles. The number of benzene rings is 1. The van der Waals surface area contributed by atoms with Crippen molar-refractivity contribution in [2.24, 2.45) is 0 Å². The second-order valence-electron chi connectivity index (χ2n) is 6.11. The van der Waals surface area contributed by atoms with Gasteiger partial charge in [0.15, 0.2) is 0 Å². The van der Waals surface area contributed by atoms with Gasteiger partial charge in [0.25, 0.3) is 0 Å². The zero-order valence-electron chi connectivity index (χ0n) is 13.7. The standard InChI is InChI=1S/C15H23ClN2O4S/c1-5-23(21,22)17-10-13(11-8-6-7-9-12(11)16)18(14(19)20)15(2,3)4/h6-9,13,17H,5,10H2,1-4H3,(H,19,20). The van der Waals surface area contributed by atoms with Crippen LogP contribution in [0.1, 0.15) is 39.3 Å². The summed E-state index contributed by atoms with van der Waals surface area (Å²) in [5.74, 6) is -0.0785. The molecule has 1 atom stereocenters. The van der Waals surface area contributed by atoms with Crippen LogP contribution in [0.25, 0.3) is 0 Å². The van der Waals surface area contributed by atoms with Crippen LogP contribution in [0.2, 0.25) is 5.02 Å². The van der Waals surface area contributed by atoms with Crippen molar-refractivity contribution in [3.63, 3.8) is 0 Å². The summed E-state index contributed by atoms with van der Waals surface area (Å²) in [7, 11) is -3.45. The summed E-state index contributed by atoms with van der Waals surface area (Å²) in [4.78, 5) is 13.0. The zero-order chi connectivity index (χ0) is 17.8. The minimum atomic E-state index is -3.45. The molecule has 0 aliphatic carbocycles. The van der Waals surface area contributed by atoms with Crippen LogP contribution >= 0.6 is 11.6 Å². The molecule has 0 heterocycles. The Balaban J connectivity index is 3.31. The maximum atomic E-state index is 11.8. The van der Waals surface area contributed by atoms with Gasteiger partial charge in [0.2, 0.25) is 10.0 Å². The van der Waals surface area contributed by atoms with E-state index in [2.05, 4.69) is 4.72 Å². The molecular weight excluding hydrogens is 340 g/mol. The van der Waals surface area contributed by atoms with E-state index in [0.717, 1.165) is 0 Å². The van der Waals surface area contributed by atoms with Crippen molar-refractivity contribution in [3.8, 4) is 0 Å². The normalized spacial score (nSPS) is 13.6. The van der Waals surface area contributed by atoms with Crippen LogP contribution in [0.15, 0.2) is 24.3 Å². The summed E-state index contributed by atoms with van der Waals surface area (Å²) < 4.78 is 26.0. The highest BCUT2D eigenvalue weighted by molar-refractivity contribution is 7.89. The molecule has 0 aromatic heterocycles. The van der Waals surface area contributed by atoms with Crippen molar-refractivity contribution in [3.05, 3.63) is 34.9 Å². The van der Waals surface area contributed by atoms with E-state index in [1.54, 1.807) is 45.0 Å². The van der Waals surface area contributed by atoms with Crippen LogP contribution in [0.5, 0.6) is 0 Å². The third-order valence-corrected chi connectivity index (χ3v) is 5.09. The van der Waals surface area contributed by atoms with Crippen molar-refractivity contribution in [1.82, 2.24) is 9.62 Å². The topological polar surface area (TPSA) is 86.7 Å². The van der Waals surface area contributed by atoms with Gasteiger partial charge in [-0.3, -0.25) is 4.90 Å². The molecule has 0 aliphatic heterocycles. The smallest absolute Gasteiger partial charge is 0.408 e. The van der Waals surface area contributed by atoms with E-state index in [1.807, 2.05) is 0 Å². The van der Waals surface area contributed by atoms with Crippen LogP contribution in [0.4, 0.5) is 4.79 Å². The van der Waals surface area contributed by atoms with E-state index < -0.39 is 27.7 Å². The SMILES string of the molecule is CCS(=O)(=O)NCC(c1ccccc1Cl)N(C(=O)O)C(C)(C)C. The summed E-state index contributed by atoms with van der Waals surface area (Å²) in [6.07, 6.45) is -1.14. The summed E-state index contributed by atoms with van der Waals surface area (Å²) in [5.41, 5.74) is -0.168. The van der Waals surface area contributed by atoms with Gasteiger partial charge in [0, 0.05) is 17.1 Å². The minimum Gasteiger partial charge on any atom is -0.465 e. The first-order valence-electron chi connectivity index (χ1n) is 7.23. The van der Waals surface area contributed by atoms with Crippen molar-refractivity contribution in [1.29, 1.82) is 0 Å².